The number of aryl methyl sites for hydroxylation is 1. The van der Waals surface area contributed by atoms with Gasteiger partial charge in [0.15, 0.2) is 0 Å². The van der Waals surface area contributed by atoms with E-state index < -0.39 is 0 Å². The van der Waals surface area contributed by atoms with E-state index in [1.807, 2.05) is 0 Å². The van der Waals surface area contributed by atoms with Crippen molar-refractivity contribution in [2.75, 3.05) is 11.9 Å². The molecule has 0 atom stereocenters. The summed E-state index contributed by atoms with van der Waals surface area (Å²) in [5.74, 6) is 0.113. The monoisotopic (exact) mass is 232 g/mol. The van der Waals surface area contributed by atoms with Gasteiger partial charge in [0.25, 0.3) is 0 Å². The van der Waals surface area contributed by atoms with Gasteiger partial charge >= 0.3 is 0 Å². The van der Waals surface area contributed by atoms with Gasteiger partial charge in [-0.2, -0.15) is 0 Å². The van der Waals surface area contributed by atoms with Crippen LogP contribution in [0.2, 0.25) is 0 Å². The first kappa shape index (κ1) is 12.1. The summed E-state index contributed by atoms with van der Waals surface area (Å²) in [6, 6.07) is 2.19. The molecule has 17 heavy (non-hydrogen) atoms. The number of fused-ring (bicyclic) bond motifs is 1. The molecule has 0 fully saturated rings. The SMILES string of the molecule is Cc1c(CCCCN)cc2c(c1C)NC(=O)C2. The highest BCUT2D eigenvalue weighted by Crippen LogP contribution is 2.32. The molecule has 1 aromatic rings. The van der Waals surface area contributed by atoms with Gasteiger partial charge in [0.1, 0.15) is 0 Å². The number of hydrogen-bond donors (Lipinski definition) is 2. The van der Waals surface area contributed by atoms with Crippen LogP contribution >= 0.6 is 0 Å². The van der Waals surface area contributed by atoms with Crippen molar-refractivity contribution in [2.24, 2.45) is 5.73 Å². The summed E-state index contributed by atoms with van der Waals surface area (Å²) in [4.78, 5) is 11.4. The largest absolute Gasteiger partial charge is 0.330 e. The maximum Gasteiger partial charge on any atom is 0.228 e. The summed E-state index contributed by atoms with van der Waals surface area (Å²) in [6.07, 6.45) is 3.77. The van der Waals surface area contributed by atoms with Crippen molar-refractivity contribution in [2.45, 2.75) is 39.5 Å². The molecule has 1 amide bonds. The molecule has 0 saturated heterocycles. The molecule has 3 N–H and O–H groups in total. The summed E-state index contributed by atoms with van der Waals surface area (Å²) < 4.78 is 0. The fourth-order valence-electron chi connectivity index (χ4n) is 2.45. The minimum absolute atomic E-state index is 0.113. The van der Waals surface area contributed by atoms with Gasteiger partial charge < -0.3 is 11.1 Å². The summed E-state index contributed by atoms with van der Waals surface area (Å²) in [6.45, 7) is 4.98. The molecule has 1 aliphatic heterocycles. The van der Waals surface area contributed by atoms with Crippen molar-refractivity contribution in [3.63, 3.8) is 0 Å². The van der Waals surface area contributed by atoms with Crippen LogP contribution in [0.4, 0.5) is 5.69 Å². The van der Waals surface area contributed by atoms with Crippen molar-refractivity contribution in [1.29, 1.82) is 0 Å². The van der Waals surface area contributed by atoms with Gasteiger partial charge in [0.05, 0.1) is 6.42 Å². The molecule has 1 heterocycles. The van der Waals surface area contributed by atoms with Crippen molar-refractivity contribution in [1.82, 2.24) is 0 Å². The van der Waals surface area contributed by atoms with E-state index in [0.29, 0.717) is 6.42 Å². The highest BCUT2D eigenvalue weighted by Gasteiger charge is 2.21. The average molecular weight is 232 g/mol. The van der Waals surface area contributed by atoms with Crippen LogP contribution < -0.4 is 11.1 Å². The van der Waals surface area contributed by atoms with Gasteiger partial charge in [-0.25, -0.2) is 0 Å². The fourth-order valence-corrected chi connectivity index (χ4v) is 2.45. The third kappa shape index (κ3) is 2.34. The number of amides is 1. The molecule has 3 heteroatoms. The number of rotatable bonds is 4. The summed E-state index contributed by atoms with van der Waals surface area (Å²) >= 11 is 0. The quantitative estimate of drug-likeness (QED) is 0.781. The predicted molar refractivity (Wildman–Crippen MR) is 70.2 cm³/mol. The van der Waals surface area contributed by atoms with E-state index in [1.165, 1.54) is 16.7 Å². The highest BCUT2D eigenvalue weighted by molar-refractivity contribution is 6.00. The van der Waals surface area contributed by atoms with Crippen LogP contribution in [0.25, 0.3) is 0 Å². The third-order valence-electron chi connectivity index (χ3n) is 3.60. The Balaban J connectivity index is 2.27. The number of anilines is 1. The molecule has 92 valence electrons. The van der Waals surface area contributed by atoms with Gasteiger partial charge in [-0.05, 0) is 61.9 Å². The number of hydrogen-bond acceptors (Lipinski definition) is 2. The maximum atomic E-state index is 11.4. The summed E-state index contributed by atoms with van der Waals surface area (Å²) in [5.41, 5.74) is 11.6. The molecule has 0 bridgehead atoms. The maximum absolute atomic E-state index is 11.4. The van der Waals surface area contributed by atoms with Crippen molar-refractivity contribution < 1.29 is 4.79 Å². The molecule has 3 nitrogen and oxygen atoms in total. The van der Waals surface area contributed by atoms with Crippen molar-refractivity contribution >= 4 is 11.6 Å². The molecule has 0 aromatic heterocycles. The molecule has 0 aliphatic carbocycles. The Hall–Kier alpha value is -1.35. The molecule has 0 unspecified atom stereocenters. The smallest absolute Gasteiger partial charge is 0.228 e. The van der Waals surface area contributed by atoms with Gasteiger partial charge in [-0.1, -0.05) is 6.07 Å². The van der Waals surface area contributed by atoms with Crippen LogP contribution in [-0.4, -0.2) is 12.5 Å². The lowest BCUT2D eigenvalue weighted by Gasteiger charge is -2.13. The normalized spacial score (nSPS) is 13.7. The van der Waals surface area contributed by atoms with E-state index in [2.05, 4.69) is 25.2 Å². The lowest BCUT2D eigenvalue weighted by atomic mass is 9.94. The summed E-state index contributed by atoms with van der Waals surface area (Å²) in [5, 5.41) is 2.94. The minimum atomic E-state index is 0.113. The van der Waals surface area contributed by atoms with Crippen molar-refractivity contribution in [3.05, 3.63) is 28.3 Å². The minimum Gasteiger partial charge on any atom is -0.330 e. The zero-order chi connectivity index (χ0) is 12.4. The zero-order valence-corrected chi connectivity index (χ0v) is 10.6. The first-order valence-electron chi connectivity index (χ1n) is 6.25. The Morgan fingerprint density at radius 3 is 2.76 bits per heavy atom. The van der Waals surface area contributed by atoms with Gasteiger partial charge in [-0.15, -0.1) is 0 Å². The van der Waals surface area contributed by atoms with E-state index in [4.69, 9.17) is 5.73 Å². The standard InChI is InChI=1S/C14H20N2O/c1-9-10(2)14-12(8-13(17)16-14)7-11(9)5-3-4-6-15/h7H,3-6,8,15H2,1-2H3,(H,16,17). The van der Waals surface area contributed by atoms with E-state index in [-0.39, 0.29) is 5.91 Å². The first-order chi connectivity index (χ1) is 8.13. The highest BCUT2D eigenvalue weighted by atomic mass is 16.1. The summed E-state index contributed by atoms with van der Waals surface area (Å²) in [7, 11) is 0. The van der Waals surface area contributed by atoms with Crippen LogP contribution in [0.3, 0.4) is 0 Å². The first-order valence-corrected chi connectivity index (χ1v) is 6.25. The molecule has 1 aliphatic rings. The molecule has 0 spiro atoms. The number of unbranched alkanes of at least 4 members (excludes halogenated alkanes) is 1. The predicted octanol–water partition coefficient (Wildman–Crippen LogP) is 2.08. The van der Waals surface area contributed by atoms with Crippen LogP contribution in [0.1, 0.15) is 35.1 Å². The Morgan fingerprint density at radius 2 is 2.06 bits per heavy atom. The van der Waals surface area contributed by atoms with E-state index in [0.717, 1.165) is 37.1 Å². The van der Waals surface area contributed by atoms with Crippen LogP contribution in [0, 0.1) is 13.8 Å². The number of carbonyl (C=O) groups excluding carboxylic acids is 1. The molecular formula is C14H20N2O. The average Bonchev–Trinajstić information content (AvgIpc) is 2.66. The Labute approximate surface area is 102 Å². The molecular weight excluding hydrogens is 212 g/mol. The third-order valence-corrected chi connectivity index (χ3v) is 3.60. The molecule has 0 saturated carbocycles. The van der Waals surface area contributed by atoms with E-state index in [1.54, 1.807) is 0 Å². The Bertz CT molecular complexity index is 452. The second-order valence-corrected chi connectivity index (χ2v) is 4.79. The van der Waals surface area contributed by atoms with Gasteiger partial charge in [0, 0.05) is 5.69 Å². The van der Waals surface area contributed by atoms with Crippen molar-refractivity contribution in [3.8, 4) is 0 Å². The number of nitrogens with one attached hydrogen (secondary N) is 1. The number of nitrogens with two attached hydrogens (primary N) is 1. The van der Waals surface area contributed by atoms with E-state index >= 15 is 0 Å². The van der Waals surface area contributed by atoms with Crippen LogP contribution in [-0.2, 0) is 17.6 Å². The topological polar surface area (TPSA) is 55.1 Å². The second-order valence-electron chi connectivity index (χ2n) is 4.79. The van der Waals surface area contributed by atoms with E-state index in [9.17, 15) is 4.79 Å². The Kier molecular flexibility index (Phi) is 3.48. The number of benzene rings is 1. The zero-order valence-electron chi connectivity index (χ0n) is 10.6. The fraction of sp³-hybridized carbons (Fsp3) is 0.500. The molecule has 2 rings (SSSR count). The lowest BCUT2D eigenvalue weighted by Crippen LogP contribution is -2.04. The van der Waals surface area contributed by atoms with Crippen LogP contribution in [0.15, 0.2) is 6.07 Å². The lowest BCUT2D eigenvalue weighted by molar-refractivity contribution is -0.115. The van der Waals surface area contributed by atoms with Gasteiger partial charge in [0.2, 0.25) is 5.91 Å². The van der Waals surface area contributed by atoms with Gasteiger partial charge in [-0.3, -0.25) is 4.79 Å². The molecule has 1 aromatic carbocycles. The van der Waals surface area contributed by atoms with Crippen LogP contribution in [0.5, 0.6) is 0 Å². The molecule has 0 radical (unpaired) electrons. The second kappa shape index (κ2) is 4.88. The Morgan fingerprint density at radius 1 is 1.29 bits per heavy atom. The number of carbonyl (C=O) groups is 1.